The van der Waals surface area contributed by atoms with Gasteiger partial charge in [0, 0.05) is 35.9 Å². The van der Waals surface area contributed by atoms with Gasteiger partial charge in [-0.2, -0.15) is 0 Å². The van der Waals surface area contributed by atoms with Gasteiger partial charge in [0.05, 0.1) is 11.5 Å². The van der Waals surface area contributed by atoms with E-state index in [4.69, 9.17) is 15.4 Å². The maximum absolute atomic E-state index is 12.4. The third kappa shape index (κ3) is 4.43. The van der Waals surface area contributed by atoms with Crippen molar-refractivity contribution in [2.45, 2.75) is 38.3 Å². The monoisotopic (exact) mass is 333 g/mol. The van der Waals surface area contributed by atoms with E-state index >= 15 is 0 Å². The smallest absolute Gasteiger partial charge is 0.261 e. The molecule has 0 saturated carbocycles. The highest BCUT2D eigenvalue weighted by molar-refractivity contribution is 8.13. The minimum atomic E-state index is -3.94. The van der Waals surface area contributed by atoms with Crippen molar-refractivity contribution in [2.75, 3.05) is 13.7 Å². The minimum absolute atomic E-state index is 0.0252. The van der Waals surface area contributed by atoms with E-state index in [0.29, 0.717) is 17.7 Å². The molecule has 0 bridgehead atoms. The SMILES string of the molecule is CCN(C(=O)c1ccc(COC)c(S(=O)(=O)Cl)c1)C(C)C. The van der Waals surface area contributed by atoms with Crippen molar-refractivity contribution in [1.29, 1.82) is 0 Å². The summed E-state index contributed by atoms with van der Waals surface area (Å²) in [6.07, 6.45) is 0. The molecule has 1 aromatic rings. The Hall–Kier alpha value is -1.11. The van der Waals surface area contributed by atoms with E-state index in [0.717, 1.165) is 0 Å². The van der Waals surface area contributed by atoms with Gasteiger partial charge in [0.2, 0.25) is 0 Å². The summed E-state index contributed by atoms with van der Waals surface area (Å²) in [5.74, 6) is -0.224. The third-order valence-corrected chi connectivity index (χ3v) is 4.51. The van der Waals surface area contributed by atoms with Crippen molar-refractivity contribution in [3.05, 3.63) is 29.3 Å². The van der Waals surface area contributed by atoms with E-state index in [-0.39, 0.29) is 23.5 Å². The fourth-order valence-electron chi connectivity index (χ4n) is 2.10. The number of nitrogens with zero attached hydrogens (tertiary/aromatic N) is 1. The lowest BCUT2D eigenvalue weighted by atomic mass is 10.1. The number of hydrogen-bond acceptors (Lipinski definition) is 4. The number of halogens is 1. The van der Waals surface area contributed by atoms with Gasteiger partial charge in [-0.25, -0.2) is 8.42 Å². The fourth-order valence-corrected chi connectivity index (χ4v) is 3.24. The Labute approximate surface area is 130 Å². The predicted octanol–water partition coefficient (Wildman–Crippen LogP) is 2.63. The number of carbonyl (C=O) groups is 1. The van der Waals surface area contributed by atoms with Gasteiger partial charge < -0.3 is 9.64 Å². The quantitative estimate of drug-likeness (QED) is 0.751. The predicted molar refractivity (Wildman–Crippen MR) is 82.0 cm³/mol. The van der Waals surface area contributed by atoms with E-state index in [2.05, 4.69) is 0 Å². The zero-order valence-corrected chi connectivity index (χ0v) is 14.2. The zero-order chi connectivity index (χ0) is 16.2. The van der Waals surface area contributed by atoms with Crippen molar-refractivity contribution in [3.63, 3.8) is 0 Å². The standard InChI is InChI=1S/C14H20ClNO4S/c1-5-16(10(2)3)14(17)11-6-7-12(9-20-4)13(8-11)21(15,18)19/h6-8,10H,5,9H2,1-4H3. The van der Waals surface area contributed by atoms with Crippen LogP contribution in [0.3, 0.4) is 0 Å². The van der Waals surface area contributed by atoms with Crippen molar-refractivity contribution < 1.29 is 17.9 Å². The molecule has 1 aromatic carbocycles. The Balaban J connectivity index is 3.31. The van der Waals surface area contributed by atoms with Gasteiger partial charge in [0.15, 0.2) is 0 Å². The molecule has 1 rings (SSSR count). The Morgan fingerprint density at radius 2 is 2.00 bits per heavy atom. The zero-order valence-electron chi connectivity index (χ0n) is 12.6. The summed E-state index contributed by atoms with van der Waals surface area (Å²) >= 11 is 0. The van der Waals surface area contributed by atoms with E-state index in [1.165, 1.54) is 13.2 Å². The maximum Gasteiger partial charge on any atom is 0.261 e. The van der Waals surface area contributed by atoms with Crippen LogP contribution in [0.2, 0.25) is 0 Å². The molecule has 0 spiro atoms. The molecule has 0 aliphatic heterocycles. The van der Waals surface area contributed by atoms with Crippen LogP contribution in [0.1, 0.15) is 36.7 Å². The topological polar surface area (TPSA) is 63.7 Å². The first-order valence-electron chi connectivity index (χ1n) is 6.59. The average Bonchev–Trinajstić information content (AvgIpc) is 2.38. The molecule has 0 aliphatic carbocycles. The van der Waals surface area contributed by atoms with Crippen LogP contribution in [-0.2, 0) is 20.4 Å². The number of ether oxygens (including phenoxy) is 1. The van der Waals surface area contributed by atoms with E-state index < -0.39 is 9.05 Å². The van der Waals surface area contributed by atoms with Gasteiger partial charge in [0.1, 0.15) is 0 Å². The molecule has 0 radical (unpaired) electrons. The largest absolute Gasteiger partial charge is 0.380 e. The second-order valence-corrected chi connectivity index (χ2v) is 7.41. The summed E-state index contributed by atoms with van der Waals surface area (Å²) in [7, 11) is 2.96. The van der Waals surface area contributed by atoms with Crippen LogP contribution in [0.15, 0.2) is 23.1 Å². The number of benzene rings is 1. The summed E-state index contributed by atoms with van der Waals surface area (Å²) in [5, 5.41) is 0. The molecule has 0 aromatic heterocycles. The van der Waals surface area contributed by atoms with Crippen LogP contribution >= 0.6 is 10.7 Å². The van der Waals surface area contributed by atoms with E-state index in [9.17, 15) is 13.2 Å². The van der Waals surface area contributed by atoms with Crippen molar-refractivity contribution >= 4 is 25.6 Å². The highest BCUT2D eigenvalue weighted by Crippen LogP contribution is 2.23. The van der Waals surface area contributed by atoms with Crippen molar-refractivity contribution in [1.82, 2.24) is 4.90 Å². The normalized spacial score (nSPS) is 11.7. The lowest BCUT2D eigenvalue weighted by Gasteiger charge is -2.25. The Morgan fingerprint density at radius 3 is 2.43 bits per heavy atom. The van der Waals surface area contributed by atoms with Crippen molar-refractivity contribution in [3.8, 4) is 0 Å². The molecule has 7 heteroatoms. The lowest BCUT2D eigenvalue weighted by molar-refractivity contribution is 0.0716. The molecule has 0 aliphatic rings. The van der Waals surface area contributed by atoms with Gasteiger partial charge in [-0.15, -0.1) is 0 Å². The number of carbonyl (C=O) groups excluding carboxylic acids is 1. The summed E-state index contributed by atoms with van der Waals surface area (Å²) in [6, 6.07) is 4.48. The molecule has 0 unspecified atom stereocenters. The first kappa shape index (κ1) is 17.9. The molecule has 0 N–H and O–H groups in total. The maximum atomic E-state index is 12.4. The van der Waals surface area contributed by atoms with Crippen LogP contribution in [-0.4, -0.2) is 38.9 Å². The first-order chi connectivity index (χ1) is 9.72. The third-order valence-electron chi connectivity index (χ3n) is 3.10. The van der Waals surface area contributed by atoms with Crippen molar-refractivity contribution in [2.24, 2.45) is 0 Å². The van der Waals surface area contributed by atoms with Gasteiger partial charge in [-0.1, -0.05) is 6.07 Å². The second-order valence-electron chi connectivity index (χ2n) is 4.88. The van der Waals surface area contributed by atoms with Crippen LogP contribution in [0.4, 0.5) is 0 Å². The van der Waals surface area contributed by atoms with Crippen LogP contribution in [0, 0.1) is 0 Å². The first-order valence-corrected chi connectivity index (χ1v) is 8.90. The molecule has 5 nitrogen and oxygen atoms in total. The molecule has 0 saturated heterocycles. The Morgan fingerprint density at radius 1 is 1.38 bits per heavy atom. The number of rotatable bonds is 6. The summed E-state index contributed by atoms with van der Waals surface area (Å²) in [5.41, 5.74) is 0.723. The lowest BCUT2D eigenvalue weighted by Crippen LogP contribution is -2.36. The van der Waals surface area contributed by atoms with E-state index in [1.807, 2.05) is 20.8 Å². The molecular formula is C14H20ClNO4S. The molecule has 1 amide bonds. The molecule has 0 heterocycles. The molecular weight excluding hydrogens is 314 g/mol. The second kappa shape index (κ2) is 7.24. The van der Waals surface area contributed by atoms with Gasteiger partial charge in [0.25, 0.3) is 15.0 Å². The fraction of sp³-hybridized carbons (Fsp3) is 0.500. The van der Waals surface area contributed by atoms with Gasteiger partial charge >= 0.3 is 0 Å². The van der Waals surface area contributed by atoms with Crippen LogP contribution in [0.5, 0.6) is 0 Å². The Bertz CT molecular complexity index is 613. The molecule has 21 heavy (non-hydrogen) atoms. The molecule has 118 valence electrons. The Kier molecular flexibility index (Phi) is 6.19. The van der Waals surface area contributed by atoms with Gasteiger partial charge in [-0.3, -0.25) is 4.79 Å². The number of hydrogen-bond donors (Lipinski definition) is 0. The molecule has 0 atom stereocenters. The van der Waals surface area contributed by atoms with Crippen LogP contribution in [0.25, 0.3) is 0 Å². The summed E-state index contributed by atoms with van der Waals surface area (Å²) < 4.78 is 28.3. The number of amides is 1. The number of methoxy groups -OCH3 is 1. The van der Waals surface area contributed by atoms with Crippen LogP contribution < -0.4 is 0 Å². The molecule has 0 fully saturated rings. The summed E-state index contributed by atoms with van der Waals surface area (Å²) in [4.78, 5) is 14.0. The van der Waals surface area contributed by atoms with E-state index in [1.54, 1.807) is 17.0 Å². The highest BCUT2D eigenvalue weighted by atomic mass is 35.7. The summed E-state index contributed by atoms with van der Waals surface area (Å²) in [6.45, 7) is 6.33. The van der Waals surface area contributed by atoms with Gasteiger partial charge in [-0.05, 0) is 38.5 Å². The minimum Gasteiger partial charge on any atom is -0.380 e. The highest BCUT2D eigenvalue weighted by Gasteiger charge is 2.22. The average molecular weight is 334 g/mol.